The highest BCUT2D eigenvalue weighted by Gasteiger charge is 2.38. The van der Waals surface area contributed by atoms with Crippen molar-refractivity contribution in [3.05, 3.63) is 24.2 Å². The molecule has 0 spiro atoms. The summed E-state index contributed by atoms with van der Waals surface area (Å²) in [5, 5.41) is 11.3. The maximum Gasteiger partial charge on any atom is 0.326 e. The van der Waals surface area contributed by atoms with E-state index < -0.39 is 12.0 Å². The predicted molar refractivity (Wildman–Crippen MR) is 45.6 cm³/mol. The van der Waals surface area contributed by atoms with E-state index in [1.807, 2.05) is 0 Å². The normalized spacial score (nSPS) is 26.1. The first kappa shape index (κ1) is 8.80. The van der Waals surface area contributed by atoms with Crippen LogP contribution in [0.15, 0.2) is 23.0 Å². The Balaban J connectivity index is 2.26. The second kappa shape index (κ2) is 3.17. The van der Waals surface area contributed by atoms with Gasteiger partial charge in [0, 0.05) is 12.3 Å². The van der Waals surface area contributed by atoms with Crippen LogP contribution in [-0.2, 0) is 9.59 Å². The Morgan fingerprint density at radius 1 is 1.64 bits per heavy atom. The molecule has 1 amide bonds. The summed E-state index contributed by atoms with van der Waals surface area (Å²) in [7, 11) is 0. The first-order valence-corrected chi connectivity index (χ1v) is 4.23. The minimum atomic E-state index is -1.01. The molecule has 5 nitrogen and oxygen atoms in total. The fourth-order valence-electron chi connectivity index (χ4n) is 1.68. The molecule has 14 heavy (non-hydrogen) atoms. The van der Waals surface area contributed by atoms with E-state index in [2.05, 4.69) is 5.32 Å². The van der Waals surface area contributed by atoms with E-state index >= 15 is 0 Å². The highest BCUT2D eigenvalue weighted by Crippen LogP contribution is 2.28. The van der Waals surface area contributed by atoms with E-state index in [9.17, 15) is 9.59 Å². The Morgan fingerprint density at radius 2 is 2.43 bits per heavy atom. The van der Waals surface area contributed by atoms with Crippen LogP contribution in [0.2, 0.25) is 0 Å². The number of hydrogen-bond acceptors (Lipinski definition) is 3. The van der Waals surface area contributed by atoms with E-state index in [-0.39, 0.29) is 18.2 Å². The summed E-state index contributed by atoms with van der Waals surface area (Å²) in [6.07, 6.45) is 3.15. The number of carbonyl (C=O) groups is 2. The number of carboxylic acids is 1. The lowest BCUT2D eigenvalue weighted by Gasteiger charge is -2.11. The van der Waals surface area contributed by atoms with Crippen molar-refractivity contribution >= 4 is 11.9 Å². The van der Waals surface area contributed by atoms with Gasteiger partial charge in [-0.3, -0.25) is 4.79 Å². The molecular weight excluding hydrogens is 186 g/mol. The van der Waals surface area contributed by atoms with Gasteiger partial charge in [0.25, 0.3) is 0 Å². The van der Waals surface area contributed by atoms with Crippen LogP contribution in [0.5, 0.6) is 0 Å². The number of aliphatic carboxylic acids is 1. The van der Waals surface area contributed by atoms with Crippen LogP contribution in [0.1, 0.15) is 17.9 Å². The van der Waals surface area contributed by atoms with Gasteiger partial charge >= 0.3 is 5.97 Å². The monoisotopic (exact) mass is 195 g/mol. The van der Waals surface area contributed by atoms with Gasteiger partial charge in [0.05, 0.1) is 12.5 Å². The van der Waals surface area contributed by atoms with E-state index in [1.54, 1.807) is 6.07 Å². The Bertz CT molecular complexity index is 357. The molecule has 1 aromatic rings. The van der Waals surface area contributed by atoms with E-state index in [1.165, 1.54) is 12.5 Å². The number of carbonyl (C=O) groups excluding carboxylic acids is 1. The Kier molecular flexibility index (Phi) is 1.99. The fourth-order valence-corrected chi connectivity index (χ4v) is 1.68. The van der Waals surface area contributed by atoms with Gasteiger partial charge < -0.3 is 14.8 Å². The molecule has 0 saturated carbocycles. The molecule has 2 rings (SSSR count). The zero-order valence-corrected chi connectivity index (χ0v) is 7.27. The van der Waals surface area contributed by atoms with Crippen LogP contribution in [0.3, 0.4) is 0 Å². The SMILES string of the molecule is O=C1CC(c2ccoc2)C(C(=O)O)N1. The molecule has 1 aliphatic heterocycles. The quantitative estimate of drug-likeness (QED) is 0.713. The largest absolute Gasteiger partial charge is 0.480 e. The Morgan fingerprint density at radius 3 is 3.00 bits per heavy atom. The highest BCUT2D eigenvalue weighted by molar-refractivity contribution is 5.89. The van der Waals surface area contributed by atoms with E-state index in [4.69, 9.17) is 9.52 Å². The van der Waals surface area contributed by atoms with Crippen molar-refractivity contribution in [1.82, 2.24) is 5.32 Å². The van der Waals surface area contributed by atoms with Gasteiger partial charge in [-0.25, -0.2) is 4.79 Å². The van der Waals surface area contributed by atoms with Crippen molar-refractivity contribution in [2.75, 3.05) is 0 Å². The number of nitrogens with one attached hydrogen (secondary N) is 1. The van der Waals surface area contributed by atoms with Crippen LogP contribution in [0.4, 0.5) is 0 Å². The molecule has 1 saturated heterocycles. The molecule has 74 valence electrons. The first-order chi connectivity index (χ1) is 6.68. The number of rotatable bonds is 2. The van der Waals surface area contributed by atoms with Gasteiger partial charge in [0.2, 0.25) is 5.91 Å². The van der Waals surface area contributed by atoms with Crippen molar-refractivity contribution in [1.29, 1.82) is 0 Å². The third-order valence-corrected chi connectivity index (χ3v) is 2.36. The van der Waals surface area contributed by atoms with Gasteiger partial charge in [-0.2, -0.15) is 0 Å². The zero-order chi connectivity index (χ0) is 10.1. The Hall–Kier alpha value is -1.78. The van der Waals surface area contributed by atoms with Crippen LogP contribution in [-0.4, -0.2) is 23.0 Å². The second-order valence-electron chi connectivity index (χ2n) is 3.25. The van der Waals surface area contributed by atoms with Crippen molar-refractivity contribution < 1.29 is 19.1 Å². The molecule has 1 aliphatic rings. The molecule has 5 heteroatoms. The maximum absolute atomic E-state index is 11.1. The maximum atomic E-state index is 11.1. The van der Waals surface area contributed by atoms with Crippen molar-refractivity contribution in [2.45, 2.75) is 18.4 Å². The van der Waals surface area contributed by atoms with Gasteiger partial charge in [-0.05, 0) is 11.6 Å². The molecule has 2 atom stereocenters. The van der Waals surface area contributed by atoms with Crippen LogP contribution in [0.25, 0.3) is 0 Å². The summed E-state index contributed by atoms with van der Waals surface area (Å²) in [4.78, 5) is 21.9. The summed E-state index contributed by atoms with van der Waals surface area (Å²) in [5.41, 5.74) is 0.746. The second-order valence-corrected chi connectivity index (χ2v) is 3.25. The van der Waals surface area contributed by atoms with Crippen molar-refractivity contribution in [3.63, 3.8) is 0 Å². The predicted octanol–water partition coefficient (Wildman–Crippen LogP) is 0.336. The average Bonchev–Trinajstić information content (AvgIpc) is 2.70. The Labute approximate surface area is 79.7 Å². The van der Waals surface area contributed by atoms with Crippen molar-refractivity contribution in [3.8, 4) is 0 Å². The molecule has 2 heterocycles. The fraction of sp³-hybridized carbons (Fsp3) is 0.333. The lowest BCUT2D eigenvalue weighted by atomic mass is 9.94. The summed E-state index contributed by atoms with van der Waals surface area (Å²) < 4.78 is 4.86. The molecule has 2 unspecified atom stereocenters. The van der Waals surface area contributed by atoms with Crippen molar-refractivity contribution in [2.24, 2.45) is 0 Å². The third kappa shape index (κ3) is 1.37. The first-order valence-electron chi connectivity index (χ1n) is 4.23. The molecule has 0 radical (unpaired) electrons. The van der Waals surface area contributed by atoms with Crippen LogP contribution < -0.4 is 5.32 Å². The number of carboxylic acid groups (broad SMARTS) is 1. The van der Waals surface area contributed by atoms with Gasteiger partial charge in [0.15, 0.2) is 0 Å². The van der Waals surface area contributed by atoms with E-state index in [0.717, 1.165) is 5.56 Å². The third-order valence-electron chi connectivity index (χ3n) is 2.36. The molecule has 2 N–H and O–H groups in total. The lowest BCUT2D eigenvalue weighted by molar-refractivity contribution is -0.140. The van der Waals surface area contributed by atoms with Gasteiger partial charge in [0.1, 0.15) is 6.04 Å². The molecule has 0 aromatic carbocycles. The minimum absolute atomic E-state index is 0.205. The van der Waals surface area contributed by atoms with Gasteiger partial charge in [-0.15, -0.1) is 0 Å². The van der Waals surface area contributed by atoms with E-state index in [0.29, 0.717) is 0 Å². The topological polar surface area (TPSA) is 79.5 Å². The minimum Gasteiger partial charge on any atom is -0.480 e. The molecule has 0 aliphatic carbocycles. The molecule has 0 bridgehead atoms. The standard InChI is InChI=1S/C9H9NO4/c11-7-3-6(5-1-2-14-4-5)8(10-7)9(12)13/h1-2,4,6,8H,3H2,(H,10,11)(H,12,13). The number of amides is 1. The molecular formula is C9H9NO4. The van der Waals surface area contributed by atoms with Gasteiger partial charge in [-0.1, -0.05) is 0 Å². The average molecular weight is 195 g/mol. The summed E-state index contributed by atoms with van der Waals surface area (Å²) in [6, 6.07) is 0.848. The number of furan rings is 1. The summed E-state index contributed by atoms with van der Waals surface area (Å²) in [6.45, 7) is 0. The molecule has 1 aromatic heterocycles. The highest BCUT2D eigenvalue weighted by atomic mass is 16.4. The molecule has 1 fully saturated rings. The summed E-state index contributed by atoms with van der Waals surface area (Å²) >= 11 is 0. The lowest BCUT2D eigenvalue weighted by Crippen LogP contribution is -2.35. The number of hydrogen-bond donors (Lipinski definition) is 2. The van der Waals surface area contributed by atoms with Crippen LogP contribution in [0, 0.1) is 0 Å². The van der Waals surface area contributed by atoms with Crippen LogP contribution >= 0.6 is 0 Å². The zero-order valence-electron chi connectivity index (χ0n) is 7.27. The smallest absolute Gasteiger partial charge is 0.326 e. The summed E-state index contributed by atoms with van der Waals surface area (Å²) in [5.74, 6) is -1.57.